The molecule has 0 radical (unpaired) electrons. The molecule has 1 unspecified atom stereocenters. The summed E-state index contributed by atoms with van der Waals surface area (Å²) in [6, 6.07) is 9.80. The van der Waals surface area contributed by atoms with Gasteiger partial charge in [-0.25, -0.2) is 4.39 Å². The smallest absolute Gasteiger partial charge is 0.133 e. The van der Waals surface area contributed by atoms with Crippen molar-refractivity contribution in [1.29, 1.82) is 0 Å². The number of aryl methyl sites for hydroxylation is 1. The molecule has 2 aromatic rings. The van der Waals surface area contributed by atoms with Crippen LogP contribution in [0.15, 0.2) is 40.9 Å². The highest BCUT2D eigenvalue weighted by Crippen LogP contribution is 2.33. The first-order valence-corrected chi connectivity index (χ1v) is 6.68. The molecular weight excluding hydrogens is 311 g/mol. The molecule has 2 rings (SSSR count). The van der Waals surface area contributed by atoms with Crippen molar-refractivity contribution in [3.63, 3.8) is 0 Å². The van der Waals surface area contributed by atoms with Crippen LogP contribution >= 0.6 is 15.9 Å². The van der Waals surface area contributed by atoms with Gasteiger partial charge in [-0.05, 0) is 49.7 Å². The zero-order valence-corrected chi connectivity index (χ0v) is 12.2. The standard InChI is InChI=1S/C15H14BrFO2/c1-9-3-4-11(16)7-15(9)19-14-6-5-12(17)8-13(14)10(2)18/h3-8,10,18H,1-2H3. The van der Waals surface area contributed by atoms with Gasteiger partial charge in [-0.2, -0.15) is 0 Å². The third-order valence-corrected chi connectivity index (χ3v) is 3.29. The third kappa shape index (κ3) is 3.33. The van der Waals surface area contributed by atoms with E-state index in [1.807, 2.05) is 25.1 Å². The molecule has 0 amide bonds. The van der Waals surface area contributed by atoms with Crippen molar-refractivity contribution in [3.8, 4) is 11.5 Å². The third-order valence-electron chi connectivity index (χ3n) is 2.79. The second kappa shape index (κ2) is 5.72. The van der Waals surface area contributed by atoms with Gasteiger partial charge < -0.3 is 9.84 Å². The van der Waals surface area contributed by atoms with Gasteiger partial charge >= 0.3 is 0 Å². The van der Waals surface area contributed by atoms with Crippen LogP contribution < -0.4 is 4.74 Å². The van der Waals surface area contributed by atoms with Crippen molar-refractivity contribution in [2.45, 2.75) is 20.0 Å². The van der Waals surface area contributed by atoms with E-state index in [9.17, 15) is 9.50 Å². The van der Waals surface area contributed by atoms with E-state index in [1.165, 1.54) is 18.2 Å². The van der Waals surface area contributed by atoms with Crippen LogP contribution in [0.25, 0.3) is 0 Å². The number of rotatable bonds is 3. The van der Waals surface area contributed by atoms with E-state index < -0.39 is 11.9 Å². The maximum Gasteiger partial charge on any atom is 0.133 e. The van der Waals surface area contributed by atoms with Crippen molar-refractivity contribution >= 4 is 15.9 Å². The van der Waals surface area contributed by atoms with Crippen molar-refractivity contribution in [2.24, 2.45) is 0 Å². The molecule has 4 heteroatoms. The van der Waals surface area contributed by atoms with Crippen LogP contribution in [0.5, 0.6) is 11.5 Å². The molecule has 0 aliphatic carbocycles. The molecule has 0 aromatic heterocycles. The van der Waals surface area contributed by atoms with Crippen LogP contribution in [-0.4, -0.2) is 5.11 Å². The normalized spacial score (nSPS) is 12.3. The number of hydrogen-bond acceptors (Lipinski definition) is 2. The lowest BCUT2D eigenvalue weighted by Crippen LogP contribution is -1.98. The van der Waals surface area contributed by atoms with E-state index in [1.54, 1.807) is 6.92 Å². The van der Waals surface area contributed by atoms with E-state index >= 15 is 0 Å². The number of ether oxygens (including phenoxy) is 1. The Morgan fingerprint density at radius 2 is 1.89 bits per heavy atom. The van der Waals surface area contributed by atoms with Gasteiger partial charge in [0.1, 0.15) is 17.3 Å². The molecule has 0 spiro atoms. The number of benzene rings is 2. The average molecular weight is 325 g/mol. The highest BCUT2D eigenvalue weighted by atomic mass is 79.9. The first-order valence-electron chi connectivity index (χ1n) is 5.89. The van der Waals surface area contributed by atoms with Gasteiger partial charge in [-0.3, -0.25) is 0 Å². The Morgan fingerprint density at radius 1 is 1.16 bits per heavy atom. The van der Waals surface area contributed by atoms with Crippen LogP contribution in [0.2, 0.25) is 0 Å². The monoisotopic (exact) mass is 324 g/mol. The Kier molecular flexibility index (Phi) is 4.22. The fraction of sp³-hybridized carbons (Fsp3) is 0.200. The summed E-state index contributed by atoms with van der Waals surface area (Å²) in [5, 5.41) is 9.67. The fourth-order valence-electron chi connectivity index (χ4n) is 1.74. The number of aliphatic hydroxyl groups excluding tert-OH is 1. The lowest BCUT2D eigenvalue weighted by molar-refractivity contribution is 0.195. The SMILES string of the molecule is Cc1ccc(Br)cc1Oc1ccc(F)cc1C(C)O. The number of aliphatic hydroxyl groups is 1. The summed E-state index contributed by atoms with van der Waals surface area (Å²) in [4.78, 5) is 0. The Bertz CT molecular complexity index is 597. The lowest BCUT2D eigenvalue weighted by Gasteiger charge is -2.15. The molecule has 0 saturated carbocycles. The Labute approximate surface area is 120 Å². The predicted molar refractivity (Wildman–Crippen MR) is 76.0 cm³/mol. The van der Waals surface area contributed by atoms with Crippen LogP contribution in [-0.2, 0) is 0 Å². The van der Waals surface area contributed by atoms with Crippen molar-refractivity contribution < 1.29 is 14.2 Å². The maximum atomic E-state index is 13.2. The summed E-state index contributed by atoms with van der Waals surface area (Å²) in [5.74, 6) is 0.731. The second-order valence-corrected chi connectivity index (χ2v) is 5.29. The Balaban J connectivity index is 2.40. The lowest BCUT2D eigenvalue weighted by atomic mass is 10.1. The van der Waals surface area contributed by atoms with E-state index in [4.69, 9.17) is 4.74 Å². The van der Waals surface area contributed by atoms with E-state index in [2.05, 4.69) is 15.9 Å². The first kappa shape index (κ1) is 14.0. The number of halogens is 2. The minimum Gasteiger partial charge on any atom is -0.457 e. The van der Waals surface area contributed by atoms with Crippen LogP contribution in [0.4, 0.5) is 4.39 Å². The maximum absolute atomic E-state index is 13.2. The molecule has 100 valence electrons. The molecule has 0 saturated heterocycles. The summed E-state index contributed by atoms with van der Waals surface area (Å²) in [5.41, 5.74) is 1.39. The van der Waals surface area contributed by atoms with E-state index in [-0.39, 0.29) is 0 Å². The van der Waals surface area contributed by atoms with Gasteiger partial charge in [0, 0.05) is 10.0 Å². The molecule has 0 heterocycles. The summed E-state index contributed by atoms with van der Waals surface area (Å²) in [6.07, 6.45) is -0.793. The zero-order valence-electron chi connectivity index (χ0n) is 10.7. The van der Waals surface area contributed by atoms with Gasteiger partial charge in [0.2, 0.25) is 0 Å². The van der Waals surface area contributed by atoms with E-state index in [0.717, 1.165) is 10.0 Å². The molecular formula is C15H14BrFO2. The topological polar surface area (TPSA) is 29.5 Å². The molecule has 19 heavy (non-hydrogen) atoms. The largest absolute Gasteiger partial charge is 0.457 e. The molecule has 0 bridgehead atoms. The molecule has 0 aliphatic rings. The highest BCUT2D eigenvalue weighted by Gasteiger charge is 2.12. The van der Waals surface area contributed by atoms with Gasteiger partial charge in [-0.1, -0.05) is 22.0 Å². The minimum atomic E-state index is -0.793. The van der Waals surface area contributed by atoms with Gasteiger partial charge in [0.25, 0.3) is 0 Å². The van der Waals surface area contributed by atoms with Gasteiger partial charge in [-0.15, -0.1) is 0 Å². The van der Waals surface area contributed by atoms with Crippen molar-refractivity contribution in [2.75, 3.05) is 0 Å². The average Bonchev–Trinajstić information content (AvgIpc) is 2.35. The Hall–Kier alpha value is -1.39. The molecule has 0 aliphatic heterocycles. The zero-order chi connectivity index (χ0) is 14.0. The first-order chi connectivity index (χ1) is 8.97. The van der Waals surface area contributed by atoms with Crippen molar-refractivity contribution in [3.05, 3.63) is 57.8 Å². The van der Waals surface area contributed by atoms with Gasteiger partial charge in [0.05, 0.1) is 6.10 Å². The minimum absolute atomic E-state index is 0.394. The highest BCUT2D eigenvalue weighted by molar-refractivity contribution is 9.10. The quantitative estimate of drug-likeness (QED) is 0.883. The molecule has 1 N–H and O–H groups in total. The molecule has 2 aromatic carbocycles. The molecule has 1 atom stereocenters. The van der Waals surface area contributed by atoms with Crippen LogP contribution in [0, 0.1) is 12.7 Å². The summed E-state index contributed by atoms with van der Waals surface area (Å²) < 4.78 is 19.9. The van der Waals surface area contributed by atoms with Gasteiger partial charge in [0.15, 0.2) is 0 Å². The predicted octanol–water partition coefficient (Wildman–Crippen LogP) is 4.74. The molecule has 2 nitrogen and oxygen atoms in total. The summed E-state index contributed by atoms with van der Waals surface area (Å²) in [7, 11) is 0. The Morgan fingerprint density at radius 3 is 2.58 bits per heavy atom. The van der Waals surface area contributed by atoms with Crippen molar-refractivity contribution in [1.82, 2.24) is 0 Å². The summed E-state index contributed by atoms with van der Waals surface area (Å²) in [6.45, 7) is 3.50. The second-order valence-electron chi connectivity index (χ2n) is 4.37. The summed E-state index contributed by atoms with van der Waals surface area (Å²) >= 11 is 3.38. The van der Waals surface area contributed by atoms with Crippen LogP contribution in [0.3, 0.4) is 0 Å². The van der Waals surface area contributed by atoms with E-state index in [0.29, 0.717) is 17.1 Å². The number of hydrogen-bond donors (Lipinski definition) is 1. The van der Waals surface area contributed by atoms with Crippen LogP contribution in [0.1, 0.15) is 24.2 Å². The molecule has 0 fully saturated rings. The fourth-order valence-corrected chi connectivity index (χ4v) is 2.08.